The van der Waals surface area contributed by atoms with E-state index in [1.54, 1.807) is 66.4 Å². The molecule has 4 rings (SSSR count). The number of hydrogen-bond donors (Lipinski definition) is 1. The van der Waals surface area contributed by atoms with Crippen molar-refractivity contribution < 1.29 is 19.1 Å². The summed E-state index contributed by atoms with van der Waals surface area (Å²) in [7, 11) is 3.09. The van der Waals surface area contributed by atoms with Gasteiger partial charge >= 0.3 is 0 Å². The molecule has 2 amide bonds. The van der Waals surface area contributed by atoms with E-state index in [0.29, 0.717) is 32.7 Å². The number of ether oxygens (including phenoxy) is 2. The van der Waals surface area contributed by atoms with Gasteiger partial charge in [0.05, 0.1) is 19.4 Å². The van der Waals surface area contributed by atoms with E-state index in [1.807, 2.05) is 24.3 Å². The minimum Gasteiger partial charge on any atom is -0.497 e. The molecule has 1 N–H and O–H groups in total. The van der Waals surface area contributed by atoms with Crippen LogP contribution in [0.5, 0.6) is 5.75 Å². The summed E-state index contributed by atoms with van der Waals surface area (Å²) in [5, 5.41) is 4.00. The Labute approximate surface area is 230 Å². The molecule has 8 nitrogen and oxygen atoms in total. The van der Waals surface area contributed by atoms with Crippen molar-refractivity contribution in [2.45, 2.75) is 0 Å². The molecule has 3 aromatic carbocycles. The second kappa shape index (κ2) is 12.6. The van der Waals surface area contributed by atoms with Crippen LogP contribution < -0.4 is 10.1 Å². The Kier molecular flexibility index (Phi) is 9.02. The molecule has 38 heavy (non-hydrogen) atoms. The second-order valence-corrected chi connectivity index (χ2v) is 9.18. The quantitative estimate of drug-likeness (QED) is 0.277. The van der Waals surface area contributed by atoms with Crippen LogP contribution in [0.1, 0.15) is 10.4 Å². The van der Waals surface area contributed by atoms with Crippen LogP contribution in [0.4, 0.5) is 5.95 Å². The topological polar surface area (TPSA) is 85.7 Å². The third-order valence-electron chi connectivity index (χ3n) is 5.71. The Bertz CT molecular complexity index is 1410. The first kappa shape index (κ1) is 27.2. The van der Waals surface area contributed by atoms with Crippen molar-refractivity contribution in [2.24, 2.45) is 0 Å². The molecule has 0 bridgehead atoms. The molecule has 1 aromatic heterocycles. The number of carbonyl (C=O) groups excluding carboxylic acids is 2. The van der Waals surface area contributed by atoms with Crippen molar-refractivity contribution in [1.29, 1.82) is 0 Å². The number of imidazole rings is 1. The Balaban J connectivity index is 1.60. The first-order valence-electron chi connectivity index (χ1n) is 11.7. The Hall–Kier alpha value is -3.85. The molecule has 0 atom stereocenters. The average Bonchev–Trinajstić information content (AvgIpc) is 3.34. The molecule has 0 radical (unpaired) electrons. The van der Waals surface area contributed by atoms with Gasteiger partial charge in [-0.25, -0.2) is 4.98 Å². The van der Waals surface area contributed by atoms with Crippen LogP contribution in [0.25, 0.3) is 16.9 Å². The number of hydrogen-bond acceptors (Lipinski definition) is 5. The van der Waals surface area contributed by atoms with Crippen molar-refractivity contribution in [2.75, 3.05) is 39.2 Å². The number of nitrogens with one attached hydrogen (secondary N) is 1. The van der Waals surface area contributed by atoms with Gasteiger partial charge in [0, 0.05) is 46.7 Å². The summed E-state index contributed by atoms with van der Waals surface area (Å²) in [6, 6.07) is 21.1. The molecule has 0 aliphatic rings. The Morgan fingerprint density at radius 1 is 0.974 bits per heavy atom. The number of halogens is 2. The van der Waals surface area contributed by atoms with Crippen LogP contribution in [0.15, 0.2) is 79.0 Å². The summed E-state index contributed by atoms with van der Waals surface area (Å²) in [5.74, 6) is 0.192. The molecule has 10 heteroatoms. The van der Waals surface area contributed by atoms with Gasteiger partial charge in [-0.05, 0) is 54.6 Å². The van der Waals surface area contributed by atoms with E-state index in [1.165, 1.54) is 12.0 Å². The van der Waals surface area contributed by atoms with Crippen LogP contribution in [-0.2, 0) is 9.53 Å². The van der Waals surface area contributed by atoms with E-state index in [4.69, 9.17) is 32.7 Å². The van der Waals surface area contributed by atoms with Gasteiger partial charge in [0.15, 0.2) is 0 Å². The summed E-state index contributed by atoms with van der Waals surface area (Å²) in [6.45, 7) is 0.299. The van der Waals surface area contributed by atoms with Crippen LogP contribution in [0.3, 0.4) is 0 Å². The highest BCUT2D eigenvalue weighted by Crippen LogP contribution is 2.26. The third-order valence-corrected chi connectivity index (χ3v) is 6.19. The fourth-order valence-electron chi connectivity index (χ4n) is 3.76. The fraction of sp³-hybridized carbons (Fsp3) is 0.179. The van der Waals surface area contributed by atoms with Crippen LogP contribution in [0, 0.1) is 0 Å². The van der Waals surface area contributed by atoms with Gasteiger partial charge in [-0.3, -0.25) is 19.5 Å². The maximum atomic E-state index is 13.2. The minimum atomic E-state index is -0.417. The van der Waals surface area contributed by atoms with Crippen molar-refractivity contribution in [3.05, 3.63) is 94.6 Å². The standard InChI is InChI=1S/C28H26Cl2N4O4/c1-37-15-14-33(27(36)20-8-12-24(38-2)13-9-20)18-26(35)32-28-31-25(19-6-10-21(29)11-7-19)17-34(28)23-5-3-4-22(30)16-23/h3-13,16-17H,14-15,18H2,1-2H3,(H,31,32,35). The van der Waals surface area contributed by atoms with Crippen molar-refractivity contribution >= 4 is 41.0 Å². The van der Waals surface area contributed by atoms with E-state index in [0.717, 1.165) is 5.56 Å². The number of benzene rings is 3. The van der Waals surface area contributed by atoms with E-state index in [9.17, 15) is 9.59 Å². The van der Waals surface area contributed by atoms with Gasteiger partial charge in [0.25, 0.3) is 5.91 Å². The zero-order chi connectivity index (χ0) is 27.1. The number of rotatable bonds is 10. The molecule has 0 saturated heterocycles. The predicted octanol–water partition coefficient (Wildman–Crippen LogP) is 5.58. The minimum absolute atomic E-state index is 0.201. The van der Waals surface area contributed by atoms with E-state index in [2.05, 4.69) is 10.3 Å². The summed E-state index contributed by atoms with van der Waals surface area (Å²) < 4.78 is 12.1. The monoisotopic (exact) mass is 552 g/mol. The van der Waals surface area contributed by atoms with Gasteiger partial charge in [0.2, 0.25) is 11.9 Å². The van der Waals surface area contributed by atoms with Crippen molar-refractivity contribution in [3.63, 3.8) is 0 Å². The maximum Gasteiger partial charge on any atom is 0.254 e. The first-order chi connectivity index (χ1) is 18.4. The van der Waals surface area contributed by atoms with Gasteiger partial charge in [-0.2, -0.15) is 0 Å². The van der Waals surface area contributed by atoms with E-state index >= 15 is 0 Å². The molecule has 196 valence electrons. The number of amides is 2. The van der Waals surface area contributed by atoms with Gasteiger partial charge < -0.3 is 14.4 Å². The summed E-state index contributed by atoms with van der Waals surface area (Å²) in [6.07, 6.45) is 1.80. The largest absolute Gasteiger partial charge is 0.497 e. The molecule has 4 aromatic rings. The van der Waals surface area contributed by atoms with Crippen molar-refractivity contribution in [3.8, 4) is 22.7 Å². The second-order valence-electron chi connectivity index (χ2n) is 8.30. The lowest BCUT2D eigenvalue weighted by molar-refractivity contribution is -0.117. The summed E-state index contributed by atoms with van der Waals surface area (Å²) in [4.78, 5) is 32.5. The molecule has 0 fully saturated rings. The predicted molar refractivity (Wildman–Crippen MR) is 148 cm³/mol. The van der Waals surface area contributed by atoms with Gasteiger partial charge in [-0.15, -0.1) is 0 Å². The molecule has 1 heterocycles. The maximum absolute atomic E-state index is 13.2. The average molecular weight is 553 g/mol. The molecule has 0 unspecified atom stereocenters. The van der Waals surface area contributed by atoms with E-state index < -0.39 is 5.91 Å². The molecular formula is C28H26Cl2N4O4. The van der Waals surface area contributed by atoms with Crippen molar-refractivity contribution in [1.82, 2.24) is 14.5 Å². The van der Waals surface area contributed by atoms with Gasteiger partial charge in [0.1, 0.15) is 12.3 Å². The molecule has 0 saturated carbocycles. The van der Waals surface area contributed by atoms with Crippen LogP contribution in [-0.4, -0.2) is 60.2 Å². The highest BCUT2D eigenvalue weighted by Gasteiger charge is 2.21. The zero-order valence-electron chi connectivity index (χ0n) is 20.9. The van der Waals surface area contributed by atoms with Gasteiger partial charge in [-0.1, -0.05) is 41.4 Å². The highest BCUT2D eigenvalue weighted by molar-refractivity contribution is 6.31. The number of methoxy groups -OCH3 is 2. The first-order valence-corrected chi connectivity index (χ1v) is 12.5. The lowest BCUT2D eigenvalue weighted by atomic mass is 10.2. The smallest absolute Gasteiger partial charge is 0.254 e. The normalized spacial score (nSPS) is 10.7. The lowest BCUT2D eigenvalue weighted by Crippen LogP contribution is -2.40. The van der Waals surface area contributed by atoms with E-state index in [-0.39, 0.29) is 31.6 Å². The molecule has 0 aliphatic carbocycles. The fourth-order valence-corrected chi connectivity index (χ4v) is 4.07. The summed E-state index contributed by atoms with van der Waals surface area (Å²) >= 11 is 12.3. The molecule has 0 aliphatic heterocycles. The number of carbonyl (C=O) groups is 2. The third kappa shape index (κ3) is 6.72. The highest BCUT2D eigenvalue weighted by atomic mass is 35.5. The SMILES string of the molecule is COCCN(CC(=O)Nc1nc(-c2ccc(Cl)cc2)cn1-c1cccc(Cl)c1)C(=O)c1ccc(OC)cc1. The molecular weight excluding hydrogens is 527 g/mol. The summed E-state index contributed by atoms with van der Waals surface area (Å²) in [5.41, 5.74) is 2.59. The number of aromatic nitrogens is 2. The number of nitrogens with zero attached hydrogens (tertiary/aromatic N) is 3. The Morgan fingerprint density at radius 2 is 1.71 bits per heavy atom. The lowest BCUT2D eigenvalue weighted by Gasteiger charge is -2.22. The number of anilines is 1. The zero-order valence-corrected chi connectivity index (χ0v) is 22.4. The van der Waals surface area contributed by atoms with Crippen LogP contribution in [0.2, 0.25) is 10.0 Å². The Morgan fingerprint density at radius 3 is 2.37 bits per heavy atom. The van der Waals surface area contributed by atoms with Crippen LogP contribution >= 0.6 is 23.2 Å². The molecule has 0 spiro atoms.